The molecule has 3 aliphatic rings. The van der Waals surface area contributed by atoms with Crippen LogP contribution < -0.4 is 10.6 Å². The first-order chi connectivity index (χ1) is 17.0. The van der Waals surface area contributed by atoms with Gasteiger partial charge in [-0.15, -0.1) is 0 Å². The molecule has 0 unspecified atom stereocenters. The number of hydrogen-bond donors (Lipinski definition) is 2. The van der Waals surface area contributed by atoms with E-state index in [4.69, 9.17) is 9.72 Å². The highest BCUT2D eigenvalue weighted by Gasteiger charge is 2.62. The zero-order chi connectivity index (χ0) is 24.2. The average Bonchev–Trinajstić information content (AvgIpc) is 3.41. The van der Waals surface area contributed by atoms with Gasteiger partial charge in [0, 0.05) is 44.2 Å². The van der Waals surface area contributed by atoms with E-state index in [1.54, 1.807) is 24.5 Å². The second-order valence-corrected chi connectivity index (χ2v) is 10.1. The molecule has 6 rings (SSSR count). The SMILES string of the molecule is COCC(=O)Nc1cc(C(=O)NC[C@H]2C[C@H]3C=C[C@@H]2C32CC2)cc2nc(-c3cccnc3)n(C)c12. The van der Waals surface area contributed by atoms with Gasteiger partial charge >= 0.3 is 0 Å². The number of carbonyl (C=O) groups is 2. The number of methoxy groups -OCH3 is 1. The lowest BCUT2D eigenvalue weighted by molar-refractivity contribution is -0.119. The van der Waals surface area contributed by atoms with Crippen molar-refractivity contribution in [2.24, 2.45) is 30.2 Å². The molecule has 180 valence electrons. The number of hydrogen-bond acceptors (Lipinski definition) is 5. The van der Waals surface area contributed by atoms with Gasteiger partial charge in [0.05, 0.1) is 16.7 Å². The predicted octanol–water partition coefficient (Wildman–Crippen LogP) is 3.55. The molecule has 2 amide bonds. The van der Waals surface area contributed by atoms with Crippen LogP contribution in [-0.4, -0.2) is 46.6 Å². The number of pyridine rings is 1. The van der Waals surface area contributed by atoms with Crippen molar-refractivity contribution in [1.29, 1.82) is 0 Å². The van der Waals surface area contributed by atoms with E-state index < -0.39 is 0 Å². The number of ether oxygens (including phenoxy) is 1. The van der Waals surface area contributed by atoms with E-state index in [-0.39, 0.29) is 18.4 Å². The monoisotopic (exact) mass is 471 g/mol. The summed E-state index contributed by atoms with van der Waals surface area (Å²) in [6, 6.07) is 7.30. The summed E-state index contributed by atoms with van der Waals surface area (Å²) in [5, 5.41) is 6.06. The summed E-state index contributed by atoms with van der Waals surface area (Å²) < 4.78 is 6.89. The Balaban J connectivity index is 1.30. The van der Waals surface area contributed by atoms with Crippen molar-refractivity contribution < 1.29 is 14.3 Å². The van der Waals surface area contributed by atoms with Gasteiger partial charge < -0.3 is 19.9 Å². The second kappa shape index (κ2) is 8.30. The van der Waals surface area contributed by atoms with Crippen molar-refractivity contribution in [3.63, 3.8) is 0 Å². The second-order valence-electron chi connectivity index (χ2n) is 10.1. The fraction of sp³-hybridized carbons (Fsp3) is 0.407. The third kappa shape index (κ3) is 3.63. The van der Waals surface area contributed by atoms with E-state index in [1.807, 2.05) is 23.7 Å². The van der Waals surface area contributed by atoms with Gasteiger partial charge in [-0.2, -0.15) is 0 Å². The molecule has 0 saturated heterocycles. The highest BCUT2D eigenvalue weighted by molar-refractivity contribution is 6.06. The fourth-order valence-electron chi connectivity index (χ4n) is 6.33. The highest BCUT2D eigenvalue weighted by atomic mass is 16.5. The standard InChI is InChI=1S/C27H29N5O3/c1-32-24-21(30-23(33)15-35-2)11-17(12-22(24)31-25(32)16-4-3-9-28-13-16)26(34)29-14-18-10-19-5-6-20(18)27(19)7-8-27/h3-6,9,11-13,18-20H,7-8,10,14-15H2,1-2H3,(H,29,34)(H,30,33)/t18-,19-,20+/m1/s1. The number of allylic oxidation sites excluding steroid dienone is 2. The molecule has 2 bridgehead atoms. The van der Waals surface area contributed by atoms with Crippen LogP contribution in [0.1, 0.15) is 29.6 Å². The first-order valence-corrected chi connectivity index (χ1v) is 12.2. The van der Waals surface area contributed by atoms with Crippen LogP contribution in [0.5, 0.6) is 0 Å². The van der Waals surface area contributed by atoms with Crippen LogP contribution in [0, 0.1) is 23.2 Å². The summed E-state index contributed by atoms with van der Waals surface area (Å²) >= 11 is 0. The minimum Gasteiger partial charge on any atom is -0.375 e. The Labute approximate surface area is 203 Å². The first-order valence-electron chi connectivity index (χ1n) is 12.2. The van der Waals surface area contributed by atoms with Gasteiger partial charge in [-0.05, 0) is 66.7 Å². The molecule has 2 aromatic heterocycles. The van der Waals surface area contributed by atoms with Gasteiger partial charge in [0.1, 0.15) is 12.4 Å². The first kappa shape index (κ1) is 22.0. The highest BCUT2D eigenvalue weighted by Crippen LogP contribution is 2.69. The van der Waals surface area contributed by atoms with Crippen LogP contribution in [0.15, 0.2) is 48.8 Å². The van der Waals surface area contributed by atoms with Crippen molar-refractivity contribution in [2.75, 3.05) is 25.6 Å². The van der Waals surface area contributed by atoms with Crippen LogP contribution in [0.25, 0.3) is 22.4 Å². The van der Waals surface area contributed by atoms with Crippen molar-refractivity contribution in [3.8, 4) is 11.4 Å². The molecule has 1 aromatic carbocycles. The molecule has 8 heteroatoms. The quantitative estimate of drug-likeness (QED) is 0.514. The molecule has 2 saturated carbocycles. The van der Waals surface area contributed by atoms with Crippen LogP contribution >= 0.6 is 0 Å². The maximum atomic E-state index is 13.2. The molecule has 3 aliphatic carbocycles. The van der Waals surface area contributed by atoms with Crippen LogP contribution in [0.3, 0.4) is 0 Å². The number of fused-ring (bicyclic) bond motifs is 1. The number of imidazole rings is 1. The number of nitrogens with zero attached hydrogens (tertiary/aromatic N) is 3. The lowest BCUT2D eigenvalue weighted by atomic mass is 9.89. The molecule has 2 fully saturated rings. The van der Waals surface area contributed by atoms with Crippen LogP contribution in [0.4, 0.5) is 5.69 Å². The third-order valence-corrected chi connectivity index (χ3v) is 8.07. The van der Waals surface area contributed by atoms with Gasteiger partial charge in [-0.3, -0.25) is 14.6 Å². The predicted molar refractivity (Wildman–Crippen MR) is 133 cm³/mol. The summed E-state index contributed by atoms with van der Waals surface area (Å²) in [6.45, 7) is 0.587. The van der Waals surface area contributed by atoms with Gasteiger partial charge in [0.25, 0.3) is 5.91 Å². The lowest BCUT2D eigenvalue weighted by Gasteiger charge is -2.20. The topological polar surface area (TPSA) is 98.1 Å². The number of carbonyl (C=O) groups excluding carboxylic acids is 2. The normalized spacial score (nSPS) is 23.2. The Hall–Kier alpha value is -3.52. The lowest BCUT2D eigenvalue weighted by Crippen LogP contribution is -2.31. The maximum Gasteiger partial charge on any atom is 0.251 e. The van der Waals surface area contributed by atoms with Gasteiger partial charge in [0.2, 0.25) is 5.91 Å². The Bertz CT molecular complexity index is 1340. The molecule has 3 atom stereocenters. The maximum absolute atomic E-state index is 13.2. The summed E-state index contributed by atoms with van der Waals surface area (Å²) in [7, 11) is 3.36. The molecule has 35 heavy (non-hydrogen) atoms. The van der Waals surface area contributed by atoms with E-state index in [1.165, 1.54) is 20.0 Å². The van der Waals surface area contributed by atoms with E-state index in [9.17, 15) is 9.59 Å². The molecular weight excluding hydrogens is 442 g/mol. The smallest absolute Gasteiger partial charge is 0.251 e. The Morgan fingerprint density at radius 1 is 1.26 bits per heavy atom. The average molecular weight is 472 g/mol. The van der Waals surface area contributed by atoms with Crippen molar-refractivity contribution >= 4 is 28.5 Å². The van der Waals surface area contributed by atoms with Crippen molar-refractivity contribution in [1.82, 2.24) is 19.9 Å². The Kier molecular flexibility index (Phi) is 5.21. The van der Waals surface area contributed by atoms with E-state index in [0.717, 1.165) is 17.5 Å². The van der Waals surface area contributed by atoms with Crippen molar-refractivity contribution in [3.05, 3.63) is 54.4 Å². The number of anilines is 1. The number of rotatable bonds is 7. The molecule has 8 nitrogen and oxygen atoms in total. The third-order valence-electron chi connectivity index (χ3n) is 8.07. The van der Waals surface area contributed by atoms with E-state index in [0.29, 0.717) is 52.3 Å². The summed E-state index contributed by atoms with van der Waals surface area (Å²) in [5.41, 5.74) is 3.72. The minimum absolute atomic E-state index is 0.0786. The fourth-order valence-corrected chi connectivity index (χ4v) is 6.33. The summed E-state index contributed by atoms with van der Waals surface area (Å²) in [6.07, 6.45) is 12.0. The number of nitrogens with one attached hydrogen (secondary N) is 2. The van der Waals surface area contributed by atoms with Crippen molar-refractivity contribution in [2.45, 2.75) is 19.3 Å². The molecular formula is C27H29N5O3. The number of aryl methyl sites for hydroxylation is 1. The number of amides is 2. The summed E-state index contributed by atoms with van der Waals surface area (Å²) in [5.74, 6) is 2.03. The minimum atomic E-state index is -0.293. The largest absolute Gasteiger partial charge is 0.375 e. The molecule has 2 heterocycles. The molecule has 0 aliphatic heterocycles. The molecule has 3 aromatic rings. The van der Waals surface area contributed by atoms with Gasteiger partial charge in [0.15, 0.2) is 0 Å². The van der Waals surface area contributed by atoms with E-state index >= 15 is 0 Å². The van der Waals surface area contributed by atoms with Crippen LogP contribution in [-0.2, 0) is 16.6 Å². The molecule has 0 radical (unpaired) electrons. The Morgan fingerprint density at radius 2 is 2.11 bits per heavy atom. The van der Waals surface area contributed by atoms with Gasteiger partial charge in [-0.25, -0.2) is 4.98 Å². The molecule has 2 N–H and O–H groups in total. The van der Waals surface area contributed by atoms with Gasteiger partial charge in [-0.1, -0.05) is 12.2 Å². The zero-order valence-corrected chi connectivity index (χ0v) is 20.0. The molecule has 1 spiro atoms. The number of benzene rings is 1. The number of aromatic nitrogens is 3. The van der Waals surface area contributed by atoms with Crippen LogP contribution in [0.2, 0.25) is 0 Å². The summed E-state index contributed by atoms with van der Waals surface area (Å²) in [4.78, 5) is 34.6. The van der Waals surface area contributed by atoms with E-state index in [2.05, 4.69) is 27.8 Å². The zero-order valence-electron chi connectivity index (χ0n) is 20.0. The Morgan fingerprint density at radius 3 is 2.83 bits per heavy atom.